The van der Waals surface area contributed by atoms with Crippen LogP contribution in [0.5, 0.6) is 0 Å². The highest BCUT2D eigenvalue weighted by molar-refractivity contribution is 7.99. The molecule has 0 aromatic heterocycles. The summed E-state index contributed by atoms with van der Waals surface area (Å²) in [5, 5.41) is 0. The molecule has 46 heavy (non-hydrogen) atoms. The quantitative estimate of drug-likeness (QED) is 0.110. The summed E-state index contributed by atoms with van der Waals surface area (Å²) in [6, 6.07) is 0. The van der Waals surface area contributed by atoms with Crippen molar-refractivity contribution in [2.24, 2.45) is 0 Å². The molecule has 0 aliphatic carbocycles. The maximum absolute atomic E-state index is 12.2. The summed E-state index contributed by atoms with van der Waals surface area (Å²) < 4.78 is 55.1. The van der Waals surface area contributed by atoms with Crippen molar-refractivity contribution in [2.45, 2.75) is 104 Å². The number of hydrogen-bond donors (Lipinski definition) is 0. The van der Waals surface area contributed by atoms with Crippen LogP contribution in [-0.2, 0) is 80.9 Å². The first-order valence-electron chi connectivity index (χ1n) is 14.2. The number of ether oxygens (including phenoxy) is 10. The molecule has 0 aromatic carbocycles. The molecule has 18 heteroatoms. The van der Waals surface area contributed by atoms with Gasteiger partial charge in [-0.25, -0.2) is 0 Å². The van der Waals surface area contributed by atoms with Gasteiger partial charge < -0.3 is 47.4 Å². The average Bonchev–Trinajstić information content (AvgIpc) is 2.92. The Balaban J connectivity index is 3.67. The van der Waals surface area contributed by atoms with E-state index in [2.05, 4.69) is 0 Å². The summed E-state index contributed by atoms with van der Waals surface area (Å²) in [6.07, 6.45) is -10.2. The predicted molar refractivity (Wildman–Crippen MR) is 154 cm³/mol. The van der Waals surface area contributed by atoms with Crippen molar-refractivity contribution in [2.75, 3.05) is 32.2 Å². The van der Waals surface area contributed by atoms with Crippen molar-refractivity contribution in [3.63, 3.8) is 0 Å². The van der Waals surface area contributed by atoms with Crippen LogP contribution in [0.4, 0.5) is 0 Å². The molecule has 0 spiro atoms. The molecule has 1 saturated heterocycles. The Labute approximate surface area is 270 Å². The maximum atomic E-state index is 12.2. The van der Waals surface area contributed by atoms with Gasteiger partial charge in [0, 0.05) is 48.5 Å². The van der Waals surface area contributed by atoms with E-state index in [4.69, 9.17) is 47.4 Å². The smallest absolute Gasteiger partial charge is 0.303 e. The van der Waals surface area contributed by atoms with Gasteiger partial charge in [0.05, 0.1) is 0 Å². The molecule has 17 nitrogen and oxygen atoms in total. The highest BCUT2D eigenvalue weighted by atomic mass is 32.2. The van der Waals surface area contributed by atoms with Crippen LogP contribution in [0.25, 0.3) is 0 Å². The van der Waals surface area contributed by atoms with Crippen molar-refractivity contribution in [3.05, 3.63) is 0 Å². The lowest BCUT2D eigenvalue weighted by molar-refractivity contribution is -0.326. The molecule has 4 unspecified atom stereocenters. The minimum absolute atomic E-state index is 0.205. The van der Waals surface area contributed by atoms with Crippen LogP contribution in [0, 0.1) is 0 Å². The van der Waals surface area contributed by atoms with Gasteiger partial charge in [-0.3, -0.25) is 33.6 Å². The Kier molecular flexibility index (Phi) is 18.2. The molecule has 0 radical (unpaired) electrons. The van der Waals surface area contributed by atoms with Crippen LogP contribution in [0.2, 0.25) is 0 Å². The fourth-order valence-corrected chi connectivity index (χ4v) is 4.79. The van der Waals surface area contributed by atoms with E-state index >= 15 is 0 Å². The Morgan fingerprint density at radius 3 is 1.52 bits per heavy atom. The van der Waals surface area contributed by atoms with Crippen LogP contribution in [0.1, 0.15) is 55.4 Å². The molecule has 0 N–H and O–H groups in total. The van der Waals surface area contributed by atoms with Gasteiger partial charge in [0.2, 0.25) is 0 Å². The number of carbonyl (C=O) groups is 7. The minimum atomic E-state index is -1.67. The van der Waals surface area contributed by atoms with Crippen molar-refractivity contribution in [3.8, 4) is 0 Å². The zero-order valence-electron chi connectivity index (χ0n) is 27.0. The van der Waals surface area contributed by atoms with Crippen molar-refractivity contribution < 1.29 is 80.9 Å². The molecule has 0 amide bonds. The van der Waals surface area contributed by atoms with E-state index in [-0.39, 0.29) is 6.61 Å². The van der Waals surface area contributed by atoms with Crippen molar-refractivity contribution in [1.29, 1.82) is 0 Å². The van der Waals surface area contributed by atoms with E-state index in [0.717, 1.165) is 41.5 Å². The van der Waals surface area contributed by atoms with Gasteiger partial charge in [-0.2, -0.15) is 0 Å². The van der Waals surface area contributed by atoms with Gasteiger partial charge in [-0.1, -0.05) is 6.92 Å². The first kappa shape index (κ1) is 40.5. The monoisotopic (exact) mass is 682 g/mol. The molecular weight excluding hydrogens is 640 g/mol. The number of carbonyl (C=O) groups excluding carboxylic acids is 7. The fourth-order valence-electron chi connectivity index (χ4n) is 4.03. The minimum Gasteiger partial charge on any atom is -0.463 e. The van der Waals surface area contributed by atoms with Gasteiger partial charge in [0.1, 0.15) is 50.2 Å². The third-order valence-electron chi connectivity index (χ3n) is 5.68. The maximum Gasteiger partial charge on any atom is 0.303 e. The van der Waals surface area contributed by atoms with Gasteiger partial charge in [0.15, 0.2) is 24.6 Å². The molecule has 1 heterocycles. The third kappa shape index (κ3) is 15.7. The van der Waals surface area contributed by atoms with Crippen LogP contribution in [0.15, 0.2) is 0 Å². The number of thioether (sulfide) groups is 1. The zero-order valence-corrected chi connectivity index (χ0v) is 27.8. The summed E-state index contributed by atoms with van der Waals surface area (Å²) in [7, 11) is 0. The van der Waals surface area contributed by atoms with Crippen molar-refractivity contribution >= 4 is 53.5 Å². The summed E-state index contributed by atoms with van der Waals surface area (Å²) >= 11 is 1.24. The van der Waals surface area contributed by atoms with Gasteiger partial charge >= 0.3 is 41.8 Å². The van der Waals surface area contributed by atoms with Crippen LogP contribution >= 0.6 is 11.8 Å². The lowest BCUT2D eigenvalue weighted by atomic mass is 9.98. The summed E-state index contributed by atoms with van der Waals surface area (Å²) in [5.41, 5.74) is -0.812. The number of rotatable bonds is 18. The van der Waals surface area contributed by atoms with Gasteiger partial charge in [-0.15, -0.1) is 11.8 Å². The first-order valence-corrected chi connectivity index (χ1v) is 15.2. The zero-order chi connectivity index (χ0) is 35.0. The van der Waals surface area contributed by atoms with E-state index in [1.807, 2.05) is 6.92 Å². The second kappa shape index (κ2) is 20.6. The highest BCUT2D eigenvalue weighted by Crippen LogP contribution is 2.31. The second-order valence-electron chi connectivity index (χ2n) is 9.71. The van der Waals surface area contributed by atoms with Crippen LogP contribution in [-0.4, -0.2) is 122 Å². The number of esters is 7. The van der Waals surface area contributed by atoms with E-state index < -0.39 is 110 Å². The normalized spacial score (nSPS) is 22.7. The first-order chi connectivity index (χ1) is 21.5. The van der Waals surface area contributed by atoms with Gasteiger partial charge in [-0.05, 0) is 5.75 Å². The predicted octanol–water partition coefficient (Wildman–Crippen LogP) is 0.608. The molecule has 0 bridgehead atoms. The van der Waals surface area contributed by atoms with Crippen LogP contribution in [0.3, 0.4) is 0 Å². The SMILES string of the molecule is CCS[C@@H](COC(C)=O)OC(COC(C)=O)[C@H](COC(C)=O)O[C@H]1OC(COC(C)=O)[C@@H](OC(C)=O)C(OC(C)=O)C1OC(C)=O. The van der Waals surface area contributed by atoms with Crippen molar-refractivity contribution in [1.82, 2.24) is 0 Å². The average molecular weight is 683 g/mol. The van der Waals surface area contributed by atoms with E-state index in [0.29, 0.717) is 5.75 Å². The molecule has 1 fully saturated rings. The molecule has 1 aliphatic heterocycles. The molecular formula is C28H42O17S. The van der Waals surface area contributed by atoms with Gasteiger partial charge in [0.25, 0.3) is 0 Å². The lowest BCUT2D eigenvalue weighted by Gasteiger charge is -2.45. The Bertz CT molecular complexity index is 1060. The highest BCUT2D eigenvalue weighted by Gasteiger charge is 2.54. The summed E-state index contributed by atoms with van der Waals surface area (Å²) in [4.78, 5) is 83.2. The second-order valence-corrected chi connectivity index (χ2v) is 11.1. The molecule has 8 atom stereocenters. The molecule has 0 aromatic rings. The Hall–Kier alpha value is -3.48. The fraction of sp³-hybridized carbons (Fsp3) is 0.750. The Morgan fingerprint density at radius 2 is 1.04 bits per heavy atom. The van der Waals surface area contributed by atoms with E-state index in [1.165, 1.54) is 18.7 Å². The molecule has 1 rings (SSSR count). The number of hydrogen-bond acceptors (Lipinski definition) is 18. The molecule has 1 aliphatic rings. The summed E-state index contributed by atoms with van der Waals surface area (Å²) in [6.45, 7) is 7.92. The molecule has 0 saturated carbocycles. The molecule has 262 valence electrons. The third-order valence-corrected chi connectivity index (χ3v) is 6.63. The topological polar surface area (TPSA) is 212 Å². The Morgan fingerprint density at radius 1 is 0.587 bits per heavy atom. The van der Waals surface area contributed by atoms with E-state index in [1.54, 1.807) is 0 Å². The lowest BCUT2D eigenvalue weighted by Crippen LogP contribution is -2.64. The largest absolute Gasteiger partial charge is 0.463 e. The standard InChI is InChI=1S/C28H42O17S/c1-9-46-24(13-39-17(5)32)43-21(10-36-14(2)29)22(11-37-15(3)30)44-28-27(42-20(8)35)26(41-19(7)34)25(40-18(6)33)23(45-28)12-38-16(4)31/h21-28H,9-13H2,1-8H3/t21?,22-,23?,24-,25+,26?,27?,28-/m0/s1. The van der Waals surface area contributed by atoms with Crippen LogP contribution < -0.4 is 0 Å². The summed E-state index contributed by atoms with van der Waals surface area (Å²) in [5.74, 6) is -4.74. The van der Waals surface area contributed by atoms with E-state index in [9.17, 15) is 33.6 Å².